The lowest BCUT2D eigenvalue weighted by atomic mass is 9.95. The fourth-order valence-corrected chi connectivity index (χ4v) is 2.08. The van der Waals surface area contributed by atoms with Gasteiger partial charge in [0.1, 0.15) is 11.9 Å². The van der Waals surface area contributed by atoms with E-state index in [0.717, 1.165) is 5.56 Å². The van der Waals surface area contributed by atoms with E-state index in [1.807, 2.05) is 19.1 Å². The van der Waals surface area contributed by atoms with Crippen molar-refractivity contribution in [3.63, 3.8) is 0 Å². The fourth-order valence-electron chi connectivity index (χ4n) is 2.08. The molecule has 21 heavy (non-hydrogen) atoms. The number of carboxylic acids is 1. The Balaban J connectivity index is 2.66. The zero-order valence-electron chi connectivity index (χ0n) is 11.3. The molecule has 0 saturated carbocycles. The van der Waals surface area contributed by atoms with E-state index >= 15 is 0 Å². The number of nitrogens with zero attached hydrogens (tertiary/aromatic N) is 1. The van der Waals surface area contributed by atoms with Crippen molar-refractivity contribution >= 4 is 12.0 Å². The van der Waals surface area contributed by atoms with E-state index in [9.17, 15) is 14.3 Å². The normalized spacial score (nSPS) is 10.5. The Morgan fingerprint density at radius 3 is 2.43 bits per heavy atom. The zero-order chi connectivity index (χ0) is 15.4. The molecule has 2 rings (SSSR count). The van der Waals surface area contributed by atoms with Crippen LogP contribution in [0.15, 0.2) is 42.5 Å². The minimum atomic E-state index is -1.23. The average molecular weight is 281 g/mol. The lowest BCUT2D eigenvalue weighted by Crippen LogP contribution is -2.03. The van der Waals surface area contributed by atoms with Crippen molar-refractivity contribution < 1.29 is 14.3 Å². The van der Waals surface area contributed by atoms with Gasteiger partial charge in [-0.25, -0.2) is 9.18 Å². The first-order valence-corrected chi connectivity index (χ1v) is 6.27. The van der Waals surface area contributed by atoms with Crippen LogP contribution >= 0.6 is 0 Å². The molecule has 0 atom stereocenters. The quantitative estimate of drug-likeness (QED) is 0.921. The average Bonchev–Trinajstić information content (AvgIpc) is 2.48. The van der Waals surface area contributed by atoms with Crippen LogP contribution in [0, 0.1) is 17.1 Å². The number of carbonyl (C=O) groups is 1. The van der Waals surface area contributed by atoms with Gasteiger partial charge in [-0.05, 0) is 30.2 Å². The molecular weight excluding hydrogens is 269 g/mol. The third-order valence-corrected chi connectivity index (χ3v) is 3.05. The van der Waals surface area contributed by atoms with Gasteiger partial charge in [0, 0.05) is 5.56 Å². The monoisotopic (exact) mass is 281 g/mol. The van der Waals surface area contributed by atoms with Crippen molar-refractivity contribution in [2.75, 3.05) is 0 Å². The highest BCUT2D eigenvalue weighted by atomic mass is 19.1. The number of halogens is 1. The fraction of sp³-hybridized carbons (Fsp3) is 0.0588. The van der Waals surface area contributed by atoms with E-state index in [-0.39, 0.29) is 16.7 Å². The first-order valence-electron chi connectivity index (χ1n) is 6.27. The van der Waals surface area contributed by atoms with Gasteiger partial charge in [0.15, 0.2) is 0 Å². The minimum Gasteiger partial charge on any atom is -0.478 e. The highest BCUT2D eigenvalue weighted by molar-refractivity contribution is 5.96. The Bertz CT molecular complexity index is 756. The van der Waals surface area contributed by atoms with Crippen molar-refractivity contribution in [1.29, 1.82) is 5.26 Å². The molecule has 0 aromatic heterocycles. The predicted molar refractivity (Wildman–Crippen MR) is 78.2 cm³/mol. The lowest BCUT2D eigenvalue weighted by Gasteiger charge is -2.09. The molecule has 0 aliphatic carbocycles. The largest absolute Gasteiger partial charge is 0.478 e. The molecule has 2 aromatic rings. The van der Waals surface area contributed by atoms with E-state index in [4.69, 9.17) is 5.26 Å². The van der Waals surface area contributed by atoms with Crippen molar-refractivity contribution in [3.05, 3.63) is 65.0 Å². The van der Waals surface area contributed by atoms with Gasteiger partial charge in [0.2, 0.25) is 0 Å². The molecule has 4 heteroatoms. The number of hydrogen-bond acceptors (Lipinski definition) is 2. The molecule has 0 heterocycles. The van der Waals surface area contributed by atoms with E-state index in [2.05, 4.69) is 0 Å². The number of carboxylic acid groups (broad SMARTS) is 1. The minimum absolute atomic E-state index is 0.0615. The molecular formula is C17H12FNO2. The van der Waals surface area contributed by atoms with E-state index in [1.165, 1.54) is 12.1 Å². The summed E-state index contributed by atoms with van der Waals surface area (Å²) in [6, 6.07) is 11.0. The number of aromatic carboxylic acids is 1. The Morgan fingerprint density at radius 1 is 1.24 bits per heavy atom. The first kappa shape index (κ1) is 14.5. The molecule has 0 radical (unpaired) electrons. The van der Waals surface area contributed by atoms with Crippen molar-refractivity contribution in [2.24, 2.45) is 0 Å². The van der Waals surface area contributed by atoms with Crippen LogP contribution in [0.3, 0.4) is 0 Å². The summed E-state index contributed by atoms with van der Waals surface area (Å²) in [5, 5.41) is 18.1. The molecule has 0 fully saturated rings. The lowest BCUT2D eigenvalue weighted by molar-refractivity contribution is 0.0697. The molecule has 1 N–H and O–H groups in total. The molecule has 0 unspecified atom stereocenters. The second kappa shape index (κ2) is 6.02. The third-order valence-electron chi connectivity index (χ3n) is 3.05. The standard InChI is InChI=1S/C17H12FNO2/c1-2-3-11-4-6-12(7-5-11)15-14(17(20)21)9-8-13(10-19)16(15)18/h2-9H,1H3,(H,20,21)/b3-2+. The van der Waals surface area contributed by atoms with Gasteiger partial charge in [-0.1, -0.05) is 36.4 Å². The number of allylic oxidation sites excluding steroid dienone is 1. The second-order valence-electron chi connectivity index (χ2n) is 4.39. The molecule has 3 nitrogen and oxygen atoms in total. The summed E-state index contributed by atoms with van der Waals surface area (Å²) < 4.78 is 14.3. The predicted octanol–water partition coefficient (Wildman–Crippen LogP) is 4.10. The smallest absolute Gasteiger partial charge is 0.336 e. The van der Waals surface area contributed by atoms with Crippen molar-refractivity contribution in [1.82, 2.24) is 0 Å². The van der Waals surface area contributed by atoms with E-state index in [1.54, 1.807) is 30.3 Å². The van der Waals surface area contributed by atoms with Gasteiger partial charge in [-0.15, -0.1) is 0 Å². The van der Waals surface area contributed by atoms with Crippen molar-refractivity contribution in [2.45, 2.75) is 6.92 Å². The van der Waals surface area contributed by atoms with Gasteiger partial charge in [-0.3, -0.25) is 0 Å². The van der Waals surface area contributed by atoms with Crippen LogP contribution in [-0.4, -0.2) is 11.1 Å². The highest BCUT2D eigenvalue weighted by Gasteiger charge is 2.19. The Hall–Kier alpha value is -2.93. The number of benzene rings is 2. The van der Waals surface area contributed by atoms with Crippen LogP contribution in [0.2, 0.25) is 0 Å². The summed E-state index contributed by atoms with van der Waals surface area (Å²) in [6.45, 7) is 1.88. The summed E-state index contributed by atoms with van der Waals surface area (Å²) in [5.41, 5.74) is 0.955. The molecule has 0 bridgehead atoms. The number of nitriles is 1. The molecule has 0 aliphatic rings. The SMILES string of the molecule is C/C=C/c1ccc(-c2c(C(=O)O)ccc(C#N)c2F)cc1. The number of rotatable bonds is 3. The summed E-state index contributed by atoms with van der Waals surface area (Å²) in [7, 11) is 0. The van der Waals surface area contributed by atoms with Crippen LogP contribution in [0.1, 0.15) is 28.4 Å². The van der Waals surface area contributed by atoms with Crippen LogP contribution in [0.4, 0.5) is 4.39 Å². The zero-order valence-corrected chi connectivity index (χ0v) is 11.3. The van der Waals surface area contributed by atoms with E-state index in [0.29, 0.717) is 5.56 Å². The molecule has 0 amide bonds. The van der Waals surface area contributed by atoms with Crippen LogP contribution in [0.5, 0.6) is 0 Å². The maximum atomic E-state index is 14.3. The van der Waals surface area contributed by atoms with Gasteiger partial charge in [0.25, 0.3) is 0 Å². The van der Waals surface area contributed by atoms with Gasteiger partial charge in [-0.2, -0.15) is 5.26 Å². The summed E-state index contributed by atoms with van der Waals surface area (Å²) >= 11 is 0. The van der Waals surface area contributed by atoms with Gasteiger partial charge >= 0.3 is 5.97 Å². The summed E-state index contributed by atoms with van der Waals surface area (Å²) in [4.78, 5) is 11.3. The molecule has 2 aromatic carbocycles. The van der Waals surface area contributed by atoms with Crippen LogP contribution in [-0.2, 0) is 0 Å². The molecule has 0 saturated heterocycles. The Labute approximate surface area is 121 Å². The van der Waals surface area contributed by atoms with Crippen LogP contribution in [0.25, 0.3) is 17.2 Å². The maximum absolute atomic E-state index is 14.3. The molecule has 104 valence electrons. The van der Waals surface area contributed by atoms with E-state index < -0.39 is 11.8 Å². The number of hydrogen-bond donors (Lipinski definition) is 1. The maximum Gasteiger partial charge on any atom is 0.336 e. The van der Waals surface area contributed by atoms with Gasteiger partial charge < -0.3 is 5.11 Å². The Morgan fingerprint density at radius 2 is 1.90 bits per heavy atom. The Kier molecular flexibility index (Phi) is 4.15. The first-order chi connectivity index (χ1) is 10.1. The second-order valence-corrected chi connectivity index (χ2v) is 4.39. The van der Waals surface area contributed by atoms with Gasteiger partial charge in [0.05, 0.1) is 11.1 Å². The topological polar surface area (TPSA) is 61.1 Å². The highest BCUT2D eigenvalue weighted by Crippen LogP contribution is 2.29. The van der Waals surface area contributed by atoms with Crippen LogP contribution < -0.4 is 0 Å². The summed E-state index contributed by atoms with van der Waals surface area (Å²) in [6.07, 6.45) is 3.75. The third kappa shape index (κ3) is 2.82. The summed E-state index contributed by atoms with van der Waals surface area (Å²) in [5.74, 6) is -2.04. The van der Waals surface area contributed by atoms with Crippen molar-refractivity contribution in [3.8, 4) is 17.2 Å². The molecule has 0 aliphatic heterocycles. The molecule has 0 spiro atoms.